The Balaban J connectivity index is 2.97. The van der Waals surface area contributed by atoms with E-state index in [1.807, 2.05) is 0 Å². The lowest BCUT2D eigenvalue weighted by Gasteiger charge is -2.15. The molecular formula is C11H9F3N2O2. The smallest absolute Gasteiger partial charge is 0.420 e. The summed E-state index contributed by atoms with van der Waals surface area (Å²) in [5, 5.41) is 18.5. The van der Waals surface area contributed by atoms with Gasteiger partial charge in [-0.15, -0.1) is 0 Å². The fourth-order valence-corrected chi connectivity index (χ4v) is 1.75. The molecule has 96 valence electrons. The van der Waals surface area contributed by atoms with E-state index in [0.29, 0.717) is 0 Å². The van der Waals surface area contributed by atoms with Crippen molar-refractivity contribution in [3.05, 3.63) is 23.8 Å². The van der Waals surface area contributed by atoms with Gasteiger partial charge in [0.25, 0.3) is 0 Å². The summed E-state index contributed by atoms with van der Waals surface area (Å²) in [5.41, 5.74) is 8.96. The van der Waals surface area contributed by atoms with E-state index < -0.39 is 28.9 Å². The SMILES string of the molecule is Nc1cc2cc(N)c(O)c(C(F)(F)F)c2cc1O. The molecule has 0 atom stereocenters. The summed E-state index contributed by atoms with van der Waals surface area (Å²) in [6.07, 6.45) is -4.79. The Morgan fingerprint density at radius 2 is 1.50 bits per heavy atom. The van der Waals surface area contributed by atoms with Gasteiger partial charge in [-0.2, -0.15) is 13.2 Å². The summed E-state index contributed by atoms with van der Waals surface area (Å²) < 4.78 is 38.6. The lowest BCUT2D eigenvalue weighted by Crippen LogP contribution is -2.08. The third-order valence-corrected chi connectivity index (χ3v) is 2.57. The molecule has 0 saturated heterocycles. The molecule has 0 aliphatic rings. The van der Waals surface area contributed by atoms with E-state index in [2.05, 4.69) is 0 Å². The average molecular weight is 258 g/mol. The van der Waals surface area contributed by atoms with E-state index >= 15 is 0 Å². The maximum absolute atomic E-state index is 12.9. The first-order valence-corrected chi connectivity index (χ1v) is 4.82. The first-order chi connectivity index (χ1) is 8.21. The molecule has 7 heteroatoms. The molecule has 0 aliphatic heterocycles. The van der Waals surface area contributed by atoms with Gasteiger partial charge in [-0.1, -0.05) is 0 Å². The van der Waals surface area contributed by atoms with Crippen molar-refractivity contribution in [2.45, 2.75) is 6.18 Å². The molecule has 2 aromatic rings. The van der Waals surface area contributed by atoms with Crippen molar-refractivity contribution in [2.75, 3.05) is 11.5 Å². The van der Waals surface area contributed by atoms with E-state index in [0.717, 1.165) is 18.2 Å². The quantitative estimate of drug-likeness (QED) is 0.431. The van der Waals surface area contributed by atoms with E-state index in [-0.39, 0.29) is 16.5 Å². The highest BCUT2D eigenvalue weighted by Gasteiger charge is 2.37. The van der Waals surface area contributed by atoms with Crippen molar-refractivity contribution in [1.82, 2.24) is 0 Å². The van der Waals surface area contributed by atoms with Gasteiger partial charge < -0.3 is 21.7 Å². The summed E-state index contributed by atoms with van der Waals surface area (Å²) in [6.45, 7) is 0. The zero-order valence-electron chi connectivity index (χ0n) is 8.92. The van der Waals surface area contributed by atoms with E-state index in [1.54, 1.807) is 0 Å². The van der Waals surface area contributed by atoms with Gasteiger partial charge in [-0.05, 0) is 23.6 Å². The predicted octanol–water partition coefficient (Wildman–Crippen LogP) is 2.43. The van der Waals surface area contributed by atoms with Crippen LogP contribution in [0, 0.1) is 0 Å². The maximum Gasteiger partial charge on any atom is 0.420 e. The molecule has 2 aromatic carbocycles. The number of hydrogen-bond acceptors (Lipinski definition) is 4. The molecule has 0 aromatic heterocycles. The van der Waals surface area contributed by atoms with Crippen molar-refractivity contribution >= 4 is 22.1 Å². The van der Waals surface area contributed by atoms with Crippen LogP contribution < -0.4 is 11.5 Å². The molecule has 6 N–H and O–H groups in total. The Bertz CT molecular complexity index is 633. The third kappa shape index (κ3) is 1.73. The van der Waals surface area contributed by atoms with Crippen LogP contribution in [0.4, 0.5) is 24.5 Å². The third-order valence-electron chi connectivity index (χ3n) is 2.57. The maximum atomic E-state index is 12.9. The zero-order valence-corrected chi connectivity index (χ0v) is 8.92. The second-order valence-electron chi connectivity index (χ2n) is 3.82. The Morgan fingerprint density at radius 1 is 0.944 bits per heavy atom. The van der Waals surface area contributed by atoms with Gasteiger partial charge in [0.1, 0.15) is 11.3 Å². The normalized spacial score (nSPS) is 11.9. The lowest BCUT2D eigenvalue weighted by molar-refractivity contribution is -0.137. The van der Waals surface area contributed by atoms with Gasteiger partial charge in [-0.25, -0.2) is 0 Å². The first kappa shape index (κ1) is 12.2. The fraction of sp³-hybridized carbons (Fsp3) is 0.0909. The zero-order chi connectivity index (χ0) is 13.7. The predicted molar refractivity (Wildman–Crippen MR) is 61.1 cm³/mol. The van der Waals surface area contributed by atoms with Crippen LogP contribution in [0.1, 0.15) is 5.56 Å². The molecule has 2 rings (SSSR count). The minimum absolute atomic E-state index is 0.0688. The summed E-state index contributed by atoms with van der Waals surface area (Å²) in [7, 11) is 0. The number of phenols is 2. The number of aromatic hydroxyl groups is 2. The summed E-state index contributed by atoms with van der Waals surface area (Å²) in [6, 6.07) is 3.18. The molecule has 0 unspecified atom stereocenters. The number of fused-ring (bicyclic) bond motifs is 1. The molecule has 0 saturated carbocycles. The van der Waals surface area contributed by atoms with E-state index in [4.69, 9.17) is 11.5 Å². The lowest BCUT2D eigenvalue weighted by atomic mass is 10.0. The van der Waals surface area contributed by atoms with Crippen molar-refractivity contribution < 1.29 is 23.4 Å². The van der Waals surface area contributed by atoms with Crippen LogP contribution in [-0.2, 0) is 6.18 Å². The average Bonchev–Trinajstić information content (AvgIpc) is 2.21. The molecule has 0 fully saturated rings. The standard InChI is InChI=1S/C11H9F3N2O2/c12-11(13,14)9-5-3-8(17)6(15)1-4(5)2-7(16)10(9)18/h1-3,17-18H,15-16H2. The van der Waals surface area contributed by atoms with Gasteiger partial charge in [-0.3, -0.25) is 0 Å². The molecule has 0 amide bonds. The number of nitrogen functional groups attached to an aromatic ring is 2. The van der Waals surface area contributed by atoms with E-state index in [1.165, 1.54) is 0 Å². The number of hydrogen-bond donors (Lipinski definition) is 4. The number of rotatable bonds is 0. The number of benzene rings is 2. The number of alkyl halides is 3. The number of nitrogens with two attached hydrogens (primary N) is 2. The Morgan fingerprint density at radius 3 is 2.06 bits per heavy atom. The largest absolute Gasteiger partial charge is 0.506 e. The Labute approximate surface area is 99.2 Å². The van der Waals surface area contributed by atoms with Gasteiger partial charge >= 0.3 is 6.18 Å². The topological polar surface area (TPSA) is 92.5 Å². The second kappa shape index (κ2) is 3.59. The summed E-state index contributed by atoms with van der Waals surface area (Å²) in [4.78, 5) is 0. The van der Waals surface area contributed by atoms with Gasteiger partial charge in [0.15, 0.2) is 5.75 Å². The monoisotopic (exact) mass is 258 g/mol. The van der Waals surface area contributed by atoms with Crippen LogP contribution in [0.2, 0.25) is 0 Å². The van der Waals surface area contributed by atoms with Crippen LogP contribution in [-0.4, -0.2) is 10.2 Å². The molecule has 0 spiro atoms. The van der Waals surface area contributed by atoms with Crippen molar-refractivity contribution in [3.8, 4) is 11.5 Å². The van der Waals surface area contributed by atoms with Gasteiger partial charge in [0, 0.05) is 5.39 Å². The second-order valence-corrected chi connectivity index (χ2v) is 3.82. The molecule has 4 nitrogen and oxygen atoms in total. The van der Waals surface area contributed by atoms with Crippen LogP contribution in [0.25, 0.3) is 10.8 Å². The highest BCUT2D eigenvalue weighted by atomic mass is 19.4. The molecule has 0 heterocycles. The van der Waals surface area contributed by atoms with Crippen molar-refractivity contribution in [3.63, 3.8) is 0 Å². The molecular weight excluding hydrogens is 249 g/mol. The number of anilines is 2. The van der Waals surface area contributed by atoms with Crippen LogP contribution in [0.3, 0.4) is 0 Å². The fourth-order valence-electron chi connectivity index (χ4n) is 1.75. The number of phenolic OH excluding ortho intramolecular Hbond substituents is 2. The van der Waals surface area contributed by atoms with Crippen molar-refractivity contribution in [2.24, 2.45) is 0 Å². The summed E-state index contributed by atoms with van der Waals surface area (Å²) >= 11 is 0. The summed E-state index contributed by atoms with van der Waals surface area (Å²) in [5.74, 6) is -1.55. The van der Waals surface area contributed by atoms with Crippen LogP contribution >= 0.6 is 0 Å². The first-order valence-electron chi connectivity index (χ1n) is 4.82. The van der Waals surface area contributed by atoms with Gasteiger partial charge in [0.05, 0.1) is 11.4 Å². The highest BCUT2D eigenvalue weighted by Crippen LogP contribution is 2.45. The molecule has 0 aliphatic carbocycles. The van der Waals surface area contributed by atoms with Crippen LogP contribution in [0.5, 0.6) is 11.5 Å². The van der Waals surface area contributed by atoms with Crippen LogP contribution in [0.15, 0.2) is 18.2 Å². The molecule has 0 bridgehead atoms. The van der Waals surface area contributed by atoms with Gasteiger partial charge in [0.2, 0.25) is 0 Å². The van der Waals surface area contributed by atoms with E-state index in [9.17, 15) is 23.4 Å². The number of halogens is 3. The highest BCUT2D eigenvalue weighted by molar-refractivity contribution is 5.95. The Kier molecular flexibility index (Phi) is 2.42. The minimum Gasteiger partial charge on any atom is -0.506 e. The molecule has 0 radical (unpaired) electrons. The van der Waals surface area contributed by atoms with Crippen molar-refractivity contribution in [1.29, 1.82) is 0 Å². The molecule has 18 heavy (non-hydrogen) atoms. The Hall–Kier alpha value is -2.31. The minimum atomic E-state index is -4.79.